The van der Waals surface area contributed by atoms with E-state index >= 15 is 0 Å². The van der Waals surface area contributed by atoms with Crippen molar-refractivity contribution in [1.29, 1.82) is 0 Å². The highest BCUT2D eigenvalue weighted by Crippen LogP contribution is 2.30. The highest BCUT2D eigenvalue weighted by molar-refractivity contribution is 7.89. The molecule has 0 aliphatic carbocycles. The van der Waals surface area contributed by atoms with Crippen molar-refractivity contribution in [2.45, 2.75) is 44.6 Å². The largest absolute Gasteiger partial charge is 0.490 e. The summed E-state index contributed by atoms with van der Waals surface area (Å²) >= 11 is 0. The Kier molecular flexibility index (Phi) is 7.64. The molecule has 1 atom stereocenters. The molecule has 7 heteroatoms. The number of benzene rings is 1. The van der Waals surface area contributed by atoms with Gasteiger partial charge in [-0.2, -0.15) is 0 Å². The highest BCUT2D eigenvalue weighted by Gasteiger charge is 2.17. The van der Waals surface area contributed by atoms with Crippen LogP contribution in [0.4, 0.5) is 0 Å². The molecule has 0 aliphatic heterocycles. The van der Waals surface area contributed by atoms with Crippen LogP contribution >= 0.6 is 0 Å². The molecular weight excluding hydrogens is 306 g/mol. The zero-order valence-corrected chi connectivity index (χ0v) is 14.1. The lowest BCUT2D eigenvalue weighted by Crippen LogP contribution is -2.30. The molecule has 1 aromatic carbocycles. The lowest BCUT2D eigenvalue weighted by Gasteiger charge is -2.14. The maximum absolute atomic E-state index is 12.2. The second kappa shape index (κ2) is 8.97. The van der Waals surface area contributed by atoms with Gasteiger partial charge in [0.25, 0.3) is 0 Å². The van der Waals surface area contributed by atoms with Crippen LogP contribution in [0.25, 0.3) is 0 Å². The summed E-state index contributed by atoms with van der Waals surface area (Å²) in [6.45, 7) is 6.45. The Hall–Kier alpha value is -1.31. The summed E-state index contributed by atoms with van der Waals surface area (Å²) in [5.74, 6) is 0.944. The van der Waals surface area contributed by atoms with Crippen molar-refractivity contribution in [3.63, 3.8) is 0 Å². The second-order valence-electron chi connectivity index (χ2n) is 5.01. The SMILES string of the molecule is CCCOc1ccc(S(=O)(=O)NCC(C)O)cc1OCCC. The summed E-state index contributed by atoms with van der Waals surface area (Å²) < 4.78 is 37.8. The van der Waals surface area contributed by atoms with Crippen molar-refractivity contribution in [3.05, 3.63) is 18.2 Å². The van der Waals surface area contributed by atoms with Crippen molar-refractivity contribution < 1.29 is 23.0 Å². The maximum atomic E-state index is 12.2. The number of hydrogen-bond acceptors (Lipinski definition) is 5. The maximum Gasteiger partial charge on any atom is 0.240 e. The third-order valence-corrected chi connectivity index (χ3v) is 4.14. The van der Waals surface area contributed by atoms with E-state index in [9.17, 15) is 13.5 Å². The Morgan fingerprint density at radius 3 is 2.27 bits per heavy atom. The summed E-state index contributed by atoms with van der Waals surface area (Å²) in [4.78, 5) is 0.0862. The van der Waals surface area contributed by atoms with Gasteiger partial charge in [0.2, 0.25) is 10.0 Å². The van der Waals surface area contributed by atoms with Gasteiger partial charge in [-0.15, -0.1) is 0 Å². The van der Waals surface area contributed by atoms with Gasteiger partial charge in [-0.3, -0.25) is 0 Å². The first kappa shape index (κ1) is 18.7. The number of nitrogens with one attached hydrogen (secondary N) is 1. The van der Waals surface area contributed by atoms with Crippen molar-refractivity contribution >= 4 is 10.0 Å². The van der Waals surface area contributed by atoms with Crippen LogP contribution in [-0.2, 0) is 10.0 Å². The standard InChI is InChI=1S/C15H25NO5S/c1-4-8-20-14-7-6-13(10-15(14)21-9-5-2)22(18,19)16-11-12(3)17/h6-7,10,12,16-17H,4-5,8-9,11H2,1-3H3. The quantitative estimate of drug-likeness (QED) is 0.684. The summed E-state index contributed by atoms with van der Waals surface area (Å²) in [6.07, 6.45) is 0.908. The molecule has 0 spiro atoms. The molecule has 0 bridgehead atoms. The number of hydrogen-bond donors (Lipinski definition) is 2. The number of rotatable bonds is 10. The number of sulfonamides is 1. The molecule has 0 radical (unpaired) electrons. The first-order chi connectivity index (χ1) is 10.4. The molecule has 0 saturated heterocycles. The molecule has 6 nitrogen and oxygen atoms in total. The van der Waals surface area contributed by atoms with Crippen LogP contribution in [0.15, 0.2) is 23.1 Å². The molecular formula is C15H25NO5S. The molecule has 0 aromatic heterocycles. The molecule has 0 fully saturated rings. The van der Waals surface area contributed by atoms with Crippen LogP contribution in [0, 0.1) is 0 Å². The fraction of sp³-hybridized carbons (Fsp3) is 0.600. The van der Waals surface area contributed by atoms with Gasteiger partial charge >= 0.3 is 0 Å². The molecule has 0 aliphatic rings. The number of aliphatic hydroxyl groups is 1. The Balaban J connectivity index is 3.01. The molecule has 1 aromatic rings. The van der Waals surface area contributed by atoms with Gasteiger partial charge in [-0.25, -0.2) is 13.1 Å². The summed E-state index contributed by atoms with van der Waals surface area (Å²) in [5, 5.41) is 9.20. The number of aliphatic hydroxyl groups excluding tert-OH is 1. The van der Waals surface area contributed by atoms with Crippen molar-refractivity contribution in [3.8, 4) is 11.5 Å². The molecule has 0 amide bonds. The van der Waals surface area contributed by atoms with E-state index in [1.54, 1.807) is 6.07 Å². The third-order valence-electron chi connectivity index (χ3n) is 2.72. The van der Waals surface area contributed by atoms with E-state index in [0.717, 1.165) is 12.8 Å². The Labute approximate surface area is 132 Å². The Bertz CT molecular complexity index is 557. The van der Waals surface area contributed by atoms with E-state index < -0.39 is 16.1 Å². The minimum Gasteiger partial charge on any atom is -0.490 e. The molecule has 22 heavy (non-hydrogen) atoms. The van der Waals surface area contributed by atoms with E-state index in [-0.39, 0.29) is 11.4 Å². The van der Waals surface area contributed by atoms with Crippen LogP contribution in [-0.4, -0.2) is 39.4 Å². The normalized spacial score (nSPS) is 12.9. The molecule has 1 unspecified atom stereocenters. The van der Waals surface area contributed by atoms with Crippen molar-refractivity contribution in [1.82, 2.24) is 4.72 Å². The van der Waals surface area contributed by atoms with Crippen LogP contribution in [0.5, 0.6) is 11.5 Å². The molecule has 1 rings (SSSR count). The first-order valence-corrected chi connectivity index (χ1v) is 8.96. The first-order valence-electron chi connectivity index (χ1n) is 7.48. The molecule has 0 saturated carbocycles. The van der Waals surface area contributed by atoms with Gasteiger partial charge in [0.15, 0.2) is 11.5 Å². The average molecular weight is 331 g/mol. The minimum atomic E-state index is -3.69. The van der Waals surface area contributed by atoms with E-state index in [2.05, 4.69) is 4.72 Å². The average Bonchev–Trinajstić information content (AvgIpc) is 2.49. The summed E-state index contributed by atoms with van der Waals surface area (Å²) in [6, 6.07) is 4.51. The second-order valence-corrected chi connectivity index (χ2v) is 6.77. The van der Waals surface area contributed by atoms with Crippen LogP contribution in [0.1, 0.15) is 33.6 Å². The molecule has 2 N–H and O–H groups in total. The lowest BCUT2D eigenvalue weighted by atomic mass is 10.3. The van der Waals surface area contributed by atoms with E-state index in [1.807, 2.05) is 13.8 Å². The predicted octanol–water partition coefficient (Wildman–Crippen LogP) is 1.92. The monoisotopic (exact) mass is 331 g/mol. The highest BCUT2D eigenvalue weighted by atomic mass is 32.2. The van der Waals surface area contributed by atoms with Crippen LogP contribution in [0.3, 0.4) is 0 Å². The van der Waals surface area contributed by atoms with Gasteiger partial charge in [-0.1, -0.05) is 13.8 Å². The van der Waals surface area contributed by atoms with E-state index in [4.69, 9.17) is 9.47 Å². The van der Waals surface area contributed by atoms with Crippen molar-refractivity contribution in [2.24, 2.45) is 0 Å². The van der Waals surface area contributed by atoms with Gasteiger partial charge in [-0.05, 0) is 31.9 Å². The summed E-state index contributed by atoms with van der Waals surface area (Å²) in [7, 11) is -3.69. The zero-order chi connectivity index (χ0) is 16.6. The Morgan fingerprint density at radius 1 is 1.14 bits per heavy atom. The molecule has 0 heterocycles. The Morgan fingerprint density at radius 2 is 1.73 bits per heavy atom. The van der Waals surface area contributed by atoms with Crippen LogP contribution < -0.4 is 14.2 Å². The fourth-order valence-corrected chi connectivity index (χ4v) is 2.76. The van der Waals surface area contributed by atoms with Gasteiger partial charge in [0.05, 0.1) is 24.2 Å². The smallest absolute Gasteiger partial charge is 0.240 e. The van der Waals surface area contributed by atoms with Gasteiger partial charge < -0.3 is 14.6 Å². The summed E-state index contributed by atoms with van der Waals surface area (Å²) in [5.41, 5.74) is 0. The van der Waals surface area contributed by atoms with Gasteiger partial charge in [0.1, 0.15) is 0 Å². The zero-order valence-electron chi connectivity index (χ0n) is 13.3. The van der Waals surface area contributed by atoms with Gasteiger partial charge in [0, 0.05) is 12.6 Å². The topological polar surface area (TPSA) is 84.9 Å². The van der Waals surface area contributed by atoms with E-state index in [1.165, 1.54) is 19.1 Å². The third kappa shape index (κ3) is 5.82. The fourth-order valence-electron chi connectivity index (χ4n) is 1.63. The van der Waals surface area contributed by atoms with Crippen molar-refractivity contribution in [2.75, 3.05) is 19.8 Å². The number of ether oxygens (including phenoxy) is 2. The van der Waals surface area contributed by atoms with E-state index in [0.29, 0.717) is 24.7 Å². The minimum absolute atomic E-state index is 0.0401. The lowest BCUT2D eigenvalue weighted by molar-refractivity contribution is 0.198. The predicted molar refractivity (Wildman–Crippen MR) is 84.9 cm³/mol. The van der Waals surface area contributed by atoms with Crippen LogP contribution in [0.2, 0.25) is 0 Å². The molecule has 126 valence electrons.